The zero-order valence-electron chi connectivity index (χ0n) is 14.4. The smallest absolute Gasteiger partial charge is 0.265 e. The predicted molar refractivity (Wildman–Crippen MR) is 106 cm³/mol. The second kappa shape index (κ2) is 6.95. The number of thiophene rings is 1. The molecule has 1 aliphatic heterocycles. The van der Waals surface area contributed by atoms with Gasteiger partial charge in [-0.05, 0) is 48.6 Å². The molecule has 4 rings (SSSR count). The van der Waals surface area contributed by atoms with Gasteiger partial charge in [0.05, 0.1) is 15.5 Å². The number of phenolic OH excluding ortho intramolecular Hbond substituents is 1. The van der Waals surface area contributed by atoms with Gasteiger partial charge in [0.2, 0.25) is 10.0 Å². The van der Waals surface area contributed by atoms with Gasteiger partial charge in [-0.3, -0.25) is 4.79 Å². The summed E-state index contributed by atoms with van der Waals surface area (Å²) in [6, 6.07) is 13.4. The van der Waals surface area contributed by atoms with Gasteiger partial charge >= 0.3 is 0 Å². The first-order valence-corrected chi connectivity index (χ1v) is 10.8. The first-order valence-electron chi connectivity index (χ1n) is 8.58. The van der Waals surface area contributed by atoms with Gasteiger partial charge < -0.3 is 10.4 Å². The van der Waals surface area contributed by atoms with E-state index >= 15 is 0 Å². The summed E-state index contributed by atoms with van der Waals surface area (Å²) in [5.41, 5.74) is 0.0812. The topological polar surface area (TPSA) is 86.7 Å². The van der Waals surface area contributed by atoms with Crippen molar-refractivity contribution in [1.82, 2.24) is 4.31 Å². The molecule has 27 heavy (non-hydrogen) atoms. The Labute approximate surface area is 161 Å². The van der Waals surface area contributed by atoms with Crippen LogP contribution in [-0.2, 0) is 10.0 Å². The normalized spacial score (nSPS) is 15.3. The fraction of sp³-hybridized carbons (Fsp3) is 0.211. The Kier molecular flexibility index (Phi) is 4.63. The summed E-state index contributed by atoms with van der Waals surface area (Å²) in [5, 5.41) is 13.7. The summed E-state index contributed by atoms with van der Waals surface area (Å²) in [7, 11) is -3.63. The summed E-state index contributed by atoms with van der Waals surface area (Å²) in [6.07, 6.45) is 1.68. The Balaban J connectivity index is 1.62. The van der Waals surface area contributed by atoms with Crippen molar-refractivity contribution >= 4 is 43.0 Å². The van der Waals surface area contributed by atoms with E-state index in [1.807, 2.05) is 24.3 Å². The number of amides is 1. The molecule has 1 aliphatic rings. The van der Waals surface area contributed by atoms with Crippen molar-refractivity contribution in [2.75, 3.05) is 18.4 Å². The standard InChI is InChI=1S/C19H18N2O4S2/c22-16-8-7-14(27(24,25)21-9-3-4-10-21)12-15(16)20-19(23)18-11-13-5-1-2-6-17(13)26-18/h1-2,5-8,11-12,22H,3-4,9-10H2,(H,20,23). The molecule has 0 atom stereocenters. The van der Waals surface area contributed by atoms with Gasteiger partial charge in [0.25, 0.3) is 5.91 Å². The zero-order valence-corrected chi connectivity index (χ0v) is 16.0. The molecule has 1 fully saturated rings. The number of hydrogen-bond acceptors (Lipinski definition) is 5. The van der Waals surface area contributed by atoms with Crippen LogP contribution < -0.4 is 5.32 Å². The molecule has 1 aromatic heterocycles. The van der Waals surface area contributed by atoms with Crippen LogP contribution in [0.4, 0.5) is 5.69 Å². The van der Waals surface area contributed by atoms with Crippen molar-refractivity contribution < 1.29 is 18.3 Å². The van der Waals surface area contributed by atoms with E-state index in [2.05, 4.69) is 5.32 Å². The summed E-state index contributed by atoms with van der Waals surface area (Å²) in [5.74, 6) is -0.563. The SMILES string of the molecule is O=C(Nc1cc(S(=O)(=O)N2CCCC2)ccc1O)c1cc2ccccc2s1. The molecule has 0 aliphatic carbocycles. The number of sulfonamides is 1. The summed E-state index contributed by atoms with van der Waals surface area (Å²) < 4.78 is 27.8. The molecule has 0 spiro atoms. The summed E-state index contributed by atoms with van der Waals surface area (Å²) in [4.78, 5) is 13.1. The van der Waals surface area contributed by atoms with Gasteiger partial charge in [-0.25, -0.2) is 8.42 Å². The van der Waals surface area contributed by atoms with Crippen molar-refractivity contribution in [2.45, 2.75) is 17.7 Å². The van der Waals surface area contributed by atoms with Gasteiger partial charge in [-0.1, -0.05) is 18.2 Å². The number of benzene rings is 2. The van der Waals surface area contributed by atoms with Crippen LogP contribution >= 0.6 is 11.3 Å². The summed E-state index contributed by atoms with van der Waals surface area (Å²) >= 11 is 1.34. The Morgan fingerprint density at radius 3 is 2.56 bits per heavy atom. The van der Waals surface area contributed by atoms with Gasteiger partial charge in [-0.2, -0.15) is 4.31 Å². The number of hydrogen-bond donors (Lipinski definition) is 2. The molecule has 3 aromatic rings. The lowest BCUT2D eigenvalue weighted by atomic mass is 10.2. The minimum atomic E-state index is -3.63. The van der Waals surface area contributed by atoms with Crippen LogP contribution in [0.1, 0.15) is 22.5 Å². The number of anilines is 1. The third kappa shape index (κ3) is 3.43. The Morgan fingerprint density at radius 2 is 1.81 bits per heavy atom. The van der Waals surface area contributed by atoms with E-state index in [0.29, 0.717) is 18.0 Å². The van der Waals surface area contributed by atoms with E-state index in [9.17, 15) is 18.3 Å². The number of fused-ring (bicyclic) bond motifs is 1. The molecule has 8 heteroatoms. The van der Waals surface area contributed by atoms with Crippen LogP contribution in [0.5, 0.6) is 5.75 Å². The highest BCUT2D eigenvalue weighted by Gasteiger charge is 2.28. The van der Waals surface area contributed by atoms with Crippen LogP contribution in [-0.4, -0.2) is 36.8 Å². The van der Waals surface area contributed by atoms with Gasteiger partial charge in [0, 0.05) is 17.8 Å². The molecule has 1 amide bonds. The van der Waals surface area contributed by atoms with Gasteiger partial charge in [0.15, 0.2) is 0 Å². The summed E-state index contributed by atoms with van der Waals surface area (Å²) in [6.45, 7) is 0.985. The minimum Gasteiger partial charge on any atom is -0.506 e. The van der Waals surface area contributed by atoms with E-state index in [-0.39, 0.29) is 22.2 Å². The van der Waals surface area contributed by atoms with Crippen LogP contribution in [0.2, 0.25) is 0 Å². The average molecular weight is 402 g/mol. The first kappa shape index (κ1) is 18.0. The molecule has 6 nitrogen and oxygen atoms in total. The fourth-order valence-electron chi connectivity index (χ4n) is 3.13. The second-order valence-electron chi connectivity index (χ2n) is 6.39. The van der Waals surface area contributed by atoms with Crippen LogP contribution in [0.15, 0.2) is 53.4 Å². The lowest BCUT2D eigenvalue weighted by molar-refractivity contribution is 0.103. The lowest BCUT2D eigenvalue weighted by Gasteiger charge is -2.16. The number of nitrogens with zero attached hydrogens (tertiary/aromatic N) is 1. The number of aromatic hydroxyl groups is 1. The molecule has 140 valence electrons. The highest BCUT2D eigenvalue weighted by Crippen LogP contribution is 2.31. The van der Waals surface area contributed by atoms with Crippen molar-refractivity contribution in [2.24, 2.45) is 0 Å². The zero-order chi connectivity index (χ0) is 19.0. The van der Waals surface area contributed by atoms with Gasteiger partial charge in [0.1, 0.15) is 5.75 Å². The number of carbonyl (C=O) groups excluding carboxylic acids is 1. The first-order chi connectivity index (χ1) is 12.9. The number of nitrogens with one attached hydrogen (secondary N) is 1. The molecule has 0 radical (unpaired) electrons. The average Bonchev–Trinajstić information content (AvgIpc) is 3.33. The molecule has 0 bridgehead atoms. The molecule has 0 unspecified atom stereocenters. The van der Waals surface area contributed by atoms with Crippen LogP contribution in [0, 0.1) is 0 Å². The number of rotatable bonds is 4. The van der Waals surface area contributed by atoms with E-state index in [1.165, 1.54) is 33.8 Å². The van der Waals surface area contributed by atoms with Crippen molar-refractivity contribution in [1.29, 1.82) is 0 Å². The maximum absolute atomic E-state index is 12.7. The quantitative estimate of drug-likeness (QED) is 0.652. The molecule has 2 N–H and O–H groups in total. The maximum atomic E-state index is 12.7. The molecular weight excluding hydrogens is 384 g/mol. The van der Waals surface area contributed by atoms with Crippen molar-refractivity contribution in [3.63, 3.8) is 0 Å². The Hall–Kier alpha value is -2.42. The van der Waals surface area contributed by atoms with E-state index in [4.69, 9.17) is 0 Å². The minimum absolute atomic E-state index is 0.0637. The molecule has 0 saturated carbocycles. The maximum Gasteiger partial charge on any atom is 0.265 e. The predicted octanol–water partition coefficient (Wildman–Crippen LogP) is 3.64. The third-order valence-corrected chi connectivity index (χ3v) is 7.58. The van der Waals surface area contributed by atoms with Crippen LogP contribution in [0.25, 0.3) is 10.1 Å². The monoisotopic (exact) mass is 402 g/mol. The van der Waals surface area contributed by atoms with Crippen LogP contribution in [0.3, 0.4) is 0 Å². The molecular formula is C19H18N2O4S2. The largest absolute Gasteiger partial charge is 0.506 e. The van der Waals surface area contributed by atoms with E-state index in [0.717, 1.165) is 22.9 Å². The second-order valence-corrected chi connectivity index (χ2v) is 9.41. The number of carbonyl (C=O) groups is 1. The molecule has 2 aromatic carbocycles. The van der Waals surface area contributed by atoms with E-state index in [1.54, 1.807) is 6.07 Å². The molecule has 2 heterocycles. The molecule has 1 saturated heterocycles. The fourth-order valence-corrected chi connectivity index (χ4v) is 5.63. The highest BCUT2D eigenvalue weighted by atomic mass is 32.2. The number of phenols is 1. The van der Waals surface area contributed by atoms with Crippen molar-refractivity contribution in [3.05, 3.63) is 53.4 Å². The third-order valence-electron chi connectivity index (χ3n) is 4.57. The van der Waals surface area contributed by atoms with Crippen molar-refractivity contribution in [3.8, 4) is 5.75 Å². The van der Waals surface area contributed by atoms with Gasteiger partial charge in [-0.15, -0.1) is 11.3 Å². The highest BCUT2D eigenvalue weighted by molar-refractivity contribution is 7.89. The Bertz CT molecular complexity index is 1080. The lowest BCUT2D eigenvalue weighted by Crippen LogP contribution is -2.27. The van der Waals surface area contributed by atoms with E-state index < -0.39 is 10.0 Å². The Morgan fingerprint density at radius 1 is 1.07 bits per heavy atom.